The van der Waals surface area contributed by atoms with E-state index in [2.05, 4.69) is 5.32 Å². The summed E-state index contributed by atoms with van der Waals surface area (Å²) in [6.45, 7) is 3.63. The van der Waals surface area contributed by atoms with Crippen molar-refractivity contribution in [3.05, 3.63) is 89.6 Å². The van der Waals surface area contributed by atoms with Crippen LogP contribution in [0.4, 0.5) is 28.0 Å². The average Bonchev–Trinajstić information content (AvgIpc) is 3.32. The summed E-state index contributed by atoms with van der Waals surface area (Å²) in [5, 5.41) is 2.30. The molecule has 3 amide bonds. The topological polar surface area (TPSA) is 65.8 Å². The molecule has 0 unspecified atom stereocenters. The molecule has 192 valence electrons. The average molecular weight is 506 g/mol. The SMILES string of the molecule is CC(C)CN(CC(=O)N(Cc1ccc(F)cc1)Cc1ccco1)C(=O)Nc1ccccc1C(F)(F)F. The molecule has 0 saturated heterocycles. The third-order valence-electron chi connectivity index (χ3n) is 5.24. The summed E-state index contributed by atoms with van der Waals surface area (Å²) in [5.74, 6) is -0.418. The molecular formula is C26H27F4N3O3. The number of hydrogen-bond acceptors (Lipinski definition) is 3. The van der Waals surface area contributed by atoms with Crippen molar-refractivity contribution >= 4 is 17.6 Å². The number of halogens is 4. The number of rotatable bonds is 9. The molecule has 0 atom stereocenters. The second kappa shape index (κ2) is 11.7. The minimum Gasteiger partial charge on any atom is -0.467 e. The number of hydrogen-bond donors (Lipinski definition) is 1. The molecule has 0 radical (unpaired) electrons. The first kappa shape index (κ1) is 26.8. The second-order valence-electron chi connectivity index (χ2n) is 8.70. The van der Waals surface area contributed by atoms with Crippen molar-refractivity contribution in [2.24, 2.45) is 5.92 Å². The maximum Gasteiger partial charge on any atom is 0.418 e. The molecule has 36 heavy (non-hydrogen) atoms. The van der Waals surface area contributed by atoms with E-state index >= 15 is 0 Å². The molecule has 10 heteroatoms. The number of alkyl halides is 3. The largest absolute Gasteiger partial charge is 0.467 e. The van der Waals surface area contributed by atoms with Gasteiger partial charge in [0.25, 0.3) is 0 Å². The highest BCUT2D eigenvalue weighted by Gasteiger charge is 2.34. The predicted molar refractivity (Wildman–Crippen MR) is 126 cm³/mol. The number of urea groups is 1. The summed E-state index contributed by atoms with van der Waals surface area (Å²) in [7, 11) is 0. The molecule has 3 rings (SSSR count). The highest BCUT2D eigenvalue weighted by molar-refractivity contribution is 5.93. The number of amides is 3. The van der Waals surface area contributed by atoms with Crippen LogP contribution in [-0.2, 0) is 24.1 Å². The van der Waals surface area contributed by atoms with Crippen molar-refractivity contribution in [2.75, 3.05) is 18.4 Å². The molecule has 0 spiro atoms. The van der Waals surface area contributed by atoms with Gasteiger partial charge in [0.2, 0.25) is 5.91 Å². The van der Waals surface area contributed by atoms with E-state index < -0.39 is 35.2 Å². The van der Waals surface area contributed by atoms with Crippen LogP contribution in [-0.4, -0.2) is 34.8 Å². The molecule has 0 bridgehead atoms. The Morgan fingerprint density at radius 3 is 2.25 bits per heavy atom. The lowest BCUT2D eigenvalue weighted by atomic mass is 10.1. The van der Waals surface area contributed by atoms with Crippen LogP contribution in [0.25, 0.3) is 0 Å². The fraction of sp³-hybridized carbons (Fsp3) is 0.308. The Hall–Kier alpha value is -3.82. The van der Waals surface area contributed by atoms with Gasteiger partial charge in [-0.3, -0.25) is 4.79 Å². The number of benzene rings is 2. The van der Waals surface area contributed by atoms with E-state index in [0.717, 1.165) is 12.1 Å². The highest BCUT2D eigenvalue weighted by Crippen LogP contribution is 2.34. The minimum atomic E-state index is -4.66. The maximum absolute atomic E-state index is 13.4. The van der Waals surface area contributed by atoms with Crippen molar-refractivity contribution in [3.8, 4) is 0 Å². The van der Waals surface area contributed by atoms with Crippen LogP contribution in [0.15, 0.2) is 71.3 Å². The highest BCUT2D eigenvalue weighted by atomic mass is 19.4. The Bertz CT molecular complexity index is 1150. The fourth-order valence-corrected chi connectivity index (χ4v) is 3.59. The zero-order chi connectivity index (χ0) is 26.3. The molecule has 0 aliphatic carbocycles. The first-order valence-corrected chi connectivity index (χ1v) is 11.3. The Labute approximate surface area is 206 Å². The van der Waals surface area contributed by atoms with Crippen LogP contribution in [0.3, 0.4) is 0 Å². The molecule has 0 fully saturated rings. The van der Waals surface area contributed by atoms with Crippen LogP contribution >= 0.6 is 0 Å². The van der Waals surface area contributed by atoms with Gasteiger partial charge in [-0.25, -0.2) is 9.18 Å². The molecule has 0 aliphatic rings. The predicted octanol–water partition coefficient (Wildman–Crippen LogP) is 6.16. The number of furan rings is 1. The number of nitrogens with zero attached hydrogens (tertiary/aromatic N) is 2. The summed E-state index contributed by atoms with van der Waals surface area (Å²) in [4.78, 5) is 29.0. The lowest BCUT2D eigenvalue weighted by Gasteiger charge is -2.29. The summed E-state index contributed by atoms with van der Waals surface area (Å²) < 4.78 is 58.8. The third-order valence-corrected chi connectivity index (χ3v) is 5.24. The van der Waals surface area contributed by atoms with Gasteiger partial charge in [0, 0.05) is 13.1 Å². The van der Waals surface area contributed by atoms with E-state index in [4.69, 9.17) is 4.42 Å². The van der Waals surface area contributed by atoms with Crippen LogP contribution in [0, 0.1) is 11.7 Å². The van der Waals surface area contributed by atoms with E-state index in [1.807, 2.05) is 13.8 Å². The molecule has 0 aliphatic heterocycles. The number of nitrogens with one attached hydrogen (secondary N) is 1. The van der Waals surface area contributed by atoms with Crippen LogP contribution < -0.4 is 5.32 Å². The second-order valence-corrected chi connectivity index (χ2v) is 8.70. The van der Waals surface area contributed by atoms with E-state index in [1.165, 1.54) is 40.3 Å². The normalized spacial score (nSPS) is 11.4. The molecule has 2 aromatic carbocycles. The zero-order valence-electron chi connectivity index (χ0n) is 19.9. The molecule has 1 N–H and O–H groups in total. The van der Waals surface area contributed by atoms with Gasteiger partial charge in [0.15, 0.2) is 0 Å². The van der Waals surface area contributed by atoms with Crippen LogP contribution in [0.1, 0.15) is 30.7 Å². The smallest absolute Gasteiger partial charge is 0.418 e. The number of carbonyl (C=O) groups excluding carboxylic acids is 2. The molecule has 3 aromatic rings. The van der Waals surface area contributed by atoms with Gasteiger partial charge in [0.05, 0.1) is 24.1 Å². The first-order chi connectivity index (χ1) is 17.0. The van der Waals surface area contributed by atoms with Crippen molar-refractivity contribution in [1.82, 2.24) is 9.80 Å². The Morgan fingerprint density at radius 2 is 1.64 bits per heavy atom. The van der Waals surface area contributed by atoms with Gasteiger partial charge in [-0.1, -0.05) is 38.1 Å². The molecular weight excluding hydrogens is 478 g/mol. The maximum atomic E-state index is 13.4. The van der Waals surface area contributed by atoms with Crippen molar-refractivity contribution in [1.29, 1.82) is 0 Å². The molecule has 0 saturated carbocycles. The Kier molecular flexibility index (Phi) is 8.73. The third kappa shape index (κ3) is 7.59. The van der Waals surface area contributed by atoms with Crippen molar-refractivity contribution in [3.63, 3.8) is 0 Å². The number of carbonyl (C=O) groups is 2. The van der Waals surface area contributed by atoms with Gasteiger partial charge in [-0.2, -0.15) is 13.2 Å². The van der Waals surface area contributed by atoms with Crippen LogP contribution in [0.5, 0.6) is 0 Å². The van der Waals surface area contributed by atoms with Gasteiger partial charge in [-0.05, 0) is 47.9 Å². The molecule has 1 aromatic heterocycles. The summed E-state index contributed by atoms with van der Waals surface area (Å²) in [6, 6.07) is 12.8. The summed E-state index contributed by atoms with van der Waals surface area (Å²) in [5.41, 5.74) is -0.713. The lowest BCUT2D eigenvalue weighted by Crippen LogP contribution is -2.45. The summed E-state index contributed by atoms with van der Waals surface area (Å²) in [6.07, 6.45) is -3.19. The van der Waals surface area contributed by atoms with E-state index in [0.29, 0.717) is 11.3 Å². The van der Waals surface area contributed by atoms with E-state index in [9.17, 15) is 27.2 Å². The number of anilines is 1. The van der Waals surface area contributed by atoms with Crippen LogP contribution in [0.2, 0.25) is 0 Å². The quantitative estimate of drug-likeness (QED) is 0.355. The minimum absolute atomic E-state index is 0.0583. The fourth-order valence-electron chi connectivity index (χ4n) is 3.59. The summed E-state index contributed by atoms with van der Waals surface area (Å²) >= 11 is 0. The standard InChI is InChI=1S/C26H27F4N3O3/c1-18(2)14-33(25(35)31-23-8-4-3-7-22(23)26(28,29)30)17-24(34)32(16-21-6-5-13-36-21)15-19-9-11-20(27)12-10-19/h3-13,18H,14-17H2,1-2H3,(H,31,35). The lowest BCUT2D eigenvalue weighted by molar-refractivity contribution is -0.137. The Balaban J connectivity index is 1.80. The van der Waals surface area contributed by atoms with Gasteiger partial charge >= 0.3 is 12.2 Å². The monoisotopic (exact) mass is 505 g/mol. The van der Waals surface area contributed by atoms with Gasteiger partial charge in [0.1, 0.15) is 18.1 Å². The zero-order valence-corrected chi connectivity index (χ0v) is 19.9. The molecule has 6 nitrogen and oxygen atoms in total. The van der Waals surface area contributed by atoms with E-state index in [-0.39, 0.29) is 32.1 Å². The molecule has 1 heterocycles. The Morgan fingerprint density at radius 1 is 0.944 bits per heavy atom. The van der Waals surface area contributed by atoms with Crippen molar-refractivity contribution in [2.45, 2.75) is 33.1 Å². The van der Waals surface area contributed by atoms with Crippen molar-refractivity contribution < 1.29 is 31.6 Å². The van der Waals surface area contributed by atoms with Gasteiger partial charge in [-0.15, -0.1) is 0 Å². The van der Waals surface area contributed by atoms with Gasteiger partial charge < -0.3 is 19.5 Å². The first-order valence-electron chi connectivity index (χ1n) is 11.3. The number of para-hydroxylation sites is 1. The van der Waals surface area contributed by atoms with E-state index in [1.54, 1.807) is 24.3 Å².